The molecule has 7 heteroatoms. The number of hydrogen-bond donors (Lipinski definition) is 0. The van der Waals surface area contributed by atoms with Gasteiger partial charge in [-0.3, -0.25) is 0 Å². The predicted octanol–water partition coefficient (Wildman–Crippen LogP) is 2.78. The summed E-state index contributed by atoms with van der Waals surface area (Å²) in [6.45, 7) is 4.21. The molecule has 3 aliphatic rings. The van der Waals surface area contributed by atoms with E-state index in [0.717, 1.165) is 37.1 Å². The van der Waals surface area contributed by atoms with Crippen molar-refractivity contribution in [3.05, 3.63) is 72.8 Å². The number of hydrogen-bond acceptors (Lipinski definition) is 6. The fourth-order valence-corrected chi connectivity index (χ4v) is 5.82. The highest BCUT2D eigenvalue weighted by atomic mass is 31.1. The van der Waals surface area contributed by atoms with Gasteiger partial charge in [-0.05, 0) is 60.2 Å². The molecule has 3 atom stereocenters. The van der Waals surface area contributed by atoms with Crippen LogP contribution in [0.3, 0.4) is 0 Å². The SMILES string of the molecule is c1cc(P(c2ccc(OCC3CO3)cc2)c2ccc(OCC3CO3)cc2)ccc1OCC1CO1. The highest BCUT2D eigenvalue weighted by Gasteiger charge is 2.25. The molecule has 3 aromatic carbocycles. The average molecular weight is 478 g/mol. The number of benzene rings is 3. The summed E-state index contributed by atoms with van der Waals surface area (Å²) in [5.74, 6) is 2.60. The van der Waals surface area contributed by atoms with Crippen LogP contribution in [0.25, 0.3) is 0 Å². The molecule has 0 N–H and O–H groups in total. The van der Waals surface area contributed by atoms with Crippen molar-refractivity contribution in [2.45, 2.75) is 18.3 Å². The fraction of sp³-hybridized carbons (Fsp3) is 0.333. The van der Waals surface area contributed by atoms with Gasteiger partial charge < -0.3 is 28.4 Å². The highest BCUT2D eigenvalue weighted by molar-refractivity contribution is 7.79. The van der Waals surface area contributed by atoms with Gasteiger partial charge in [-0.25, -0.2) is 0 Å². The third kappa shape index (κ3) is 5.89. The molecule has 0 radical (unpaired) electrons. The average Bonchev–Trinajstić information content (AvgIpc) is 3.73. The molecule has 34 heavy (non-hydrogen) atoms. The van der Waals surface area contributed by atoms with Crippen molar-refractivity contribution in [1.82, 2.24) is 0 Å². The van der Waals surface area contributed by atoms with Crippen LogP contribution < -0.4 is 30.1 Å². The van der Waals surface area contributed by atoms with Crippen molar-refractivity contribution in [2.24, 2.45) is 0 Å². The Balaban J connectivity index is 1.22. The molecular weight excluding hydrogens is 451 g/mol. The fourth-order valence-electron chi connectivity index (χ4n) is 3.58. The zero-order valence-corrected chi connectivity index (χ0v) is 19.7. The molecule has 176 valence electrons. The standard InChI is InChI=1S/C27H27O6P/c1-7-25(8-2-19(1)28-13-22-16-31-22)34(26-9-3-20(4-10-26)29-14-23-17-32-23)27-11-5-21(6-12-27)30-15-24-18-33-24/h1-12,22-24H,13-18H2. The Morgan fingerprint density at radius 2 is 0.765 bits per heavy atom. The summed E-state index contributed by atoms with van der Waals surface area (Å²) in [4.78, 5) is 0. The summed E-state index contributed by atoms with van der Waals surface area (Å²) in [5.41, 5.74) is 0. The van der Waals surface area contributed by atoms with Gasteiger partial charge in [-0.2, -0.15) is 0 Å². The van der Waals surface area contributed by atoms with E-state index in [-0.39, 0.29) is 18.3 Å². The summed E-state index contributed by atoms with van der Waals surface area (Å²) in [6.07, 6.45) is 0.740. The van der Waals surface area contributed by atoms with E-state index < -0.39 is 7.92 Å². The normalized spacial score (nSPS) is 23.1. The Bertz CT molecular complexity index is 932. The van der Waals surface area contributed by atoms with Crippen LogP contribution in [-0.4, -0.2) is 58.0 Å². The highest BCUT2D eigenvalue weighted by Crippen LogP contribution is 2.35. The molecular formula is C27H27O6P. The van der Waals surface area contributed by atoms with Crippen LogP contribution in [0, 0.1) is 0 Å². The van der Waals surface area contributed by atoms with E-state index in [0.29, 0.717) is 19.8 Å². The van der Waals surface area contributed by atoms with Crippen LogP contribution >= 0.6 is 7.92 Å². The largest absolute Gasteiger partial charge is 0.491 e. The summed E-state index contributed by atoms with van der Waals surface area (Å²) < 4.78 is 33.2. The van der Waals surface area contributed by atoms with Crippen molar-refractivity contribution in [3.8, 4) is 17.2 Å². The van der Waals surface area contributed by atoms with E-state index in [1.165, 1.54) is 15.9 Å². The topological polar surface area (TPSA) is 65.3 Å². The number of ether oxygens (including phenoxy) is 6. The molecule has 6 nitrogen and oxygen atoms in total. The summed E-state index contributed by atoms with van der Waals surface area (Å²) in [6, 6.07) is 25.3. The van der Waals surface area contributed by atoms with Crippen molar-refractivity contribution in [2.75, 3.05) is 39.6 Å². The quantitative estimate of drug-likeness (QED) is 0.295. The summed E-state index contributed by atoms with van der Waals surface area (Å²) >= 11 is 0. The molecule has 3 fully saturated rings. The second-order valence-corrected chi connectivity index (χ2v) is 10.8. The van der Waals surface area contributed by atoms with Crippen LogP contribution in [0.5, 0.6) is 17.2 Å². The third-order valence-electron chi connectivity index (χ3n) is 5.80. The third-order valence-corrected chi connectivity index (χ3v) is 8.24. The molecule has 0 aromatic heterocycles. The van der Waals surface area contributed by atoms with Gasteiger partial charge >= 0.3 is 0 Å². The molecule has 0 saturated carbocycles. The minimum atomic E-state index is -0.752. The maximum absolute atomic E-state index is 5.84. The van der Waals surface area contributed by atoms with Crippen molar-refractivity contribution >= 4 is 23.8 Å². The lowest BCUT2D eigenvalue weighted by molar-refractivity contribution is 0.263. The summed E-state index contributed by atoms with van der Waals surface area (Å²) in [5, 5.41) is 3.76. The predicted molar refractivity (Wildman–Crippen MR) is 131 cm³/mol. The maximum Gasteiger partial charge on any atom is 0.119 e. The van der Waals surface area contributed by atoms with Crippen LogP contribution in [0.4, 0.5) is 0 Å². The van der Waals surface area contributed by atoms with Crippen LogP contribution in [0.15, 0.2) is 72.8 Å². The van der Waals surface area contributed by atoms with E-state index in [1.54, 1.807) is 0 Å². The van der Waals surface area contributed by atoms with Gasteiger partial charge in [0.2, 0.25) is 0 Å². The van der Waals surface area contributed by atoms with E-state index >= 15 is 0 Å². The minimum absolute atomic E-state index is 0.247. The van der Waals surface area contributed by atoms with Crippen LogP contribution in [0.1, 0.15) is 0 Å². The first-order chi connectivity index (χ1) is 16.8. The Morgan fingerprint density at radius 3 is 1.00 bits per heavy atom. The van der Waals surface area contributed by atoms with Crippen LogP contribution in [-0.2, 0) is 14.2 Å². The second kappa shape index (κ2) is 9.93. The molecule has 0 spiro atoms. The lowest BCUT2D eigenvalue weighted by atomic mass is 10.3. The zero-order valence-electron chi connectivity index (χ0n) is 18.8. The van der Waals surface area contributed by atoms with Gasteiger partial charge in [0, 0.05) is 0 Å². The zero-order chi connectivity index (χ0) is 22.7. The van der Waals surface area contributed by atoms with Gasteiger partial charge in [-0.1, -0.05) is 36.4 Å². The van der Waals surface area contributed by atoms with Gasteiger partial charge in [0.05, 0.1) is 19.8 Å². The smallest absolute Gasteiger partial charge is 0.119 e. The monoisotopic (exact) mass is 478 g/mol. The Kier molecular flexibility index (Phi) is 6.39. The maximum atomic E-state index is 5.84. The molecule has 3 aliphatic heterocycles. The lowest BCUT2D eigenvalue weighted by Gasteiger charge is -2.20. The van der Waals surface area contributed by atoms with Crippen molar-refractivity contribution < 1.29 is 28.4 Å². The minimum Gasteiger partial charge on any atom is -0.491 e. The molecule has 3 saturated heterocycles. The molecule has 3 unspecified atom stereocenters. The van der Waals surface area contributed by atoms with Gasteiger partial charge in [0.1, 0.15) is 55.4 Å². The van der Waals surface area contributed by atoms with E-state index in [4.69, 9.17) is 28.4 Å². The molecule has 6 rings (SSSR count). The first-order valence-corrected chi connectivity index (χ1v) is 13.0. The first kappa shape index (κ1) is 21.9. The van der Waals surface area contributed by atoms with E-state index in [2.05, 4.69) is 36.4 Å². The molecule has 0 aliphatic carbocycles. The summed E-state index contributed by atoms with van der Waals surface area (Å²) in [7, 11) is -0.752. The number of rotatable bonds is 12. The lowest BCUT2D eigenvalue weighted by Crippen LogP contribution is -2.21. The van der Waals surface area contributed by atoms with E-state index in [9.17, 15) is 0 Å². The molecule has 3 aromatic rings. The Labute approximate surface area is 200 Å². The first-order valence-electron chi connectivity index (χ1n) is 11.6. The Morgan fingerprint density at radius 1 is 0.500 bits per heavy atom. The van der Waals surface area contributed by atoms with Crippen molar-refractivity contribution in [1.29, 1.82) is 0 Å². The van der Waals surface area contributed by atoms with E-state index in [1.807, 2.05) is 36.4 Å². The van der Waals surface area contributed by atoms with Gasteiger partial charge in [0.15, 0.2) is 0 Å². The Hall–Kier alpha value is -2.63. The molecule has 3 heterocycles. The van der Waals surface area contributed by atoms with Gasteiger partial charge in [0.25, 0.3) is 0 Å². The molecule has 0 bridgehead atoms. The van der Waals surface area contributed by atoms with Gasteiger partial charge in [-0.15, -0.1) is 0 Å². The number of epoxide rings is 3. The molecule has 0 amide bonds. The second-order valence-electron chi connectivity index (χ2n) is 8.62. The van der Waals surface area contributed by atoms with Crippen molar-refractivity contribution in [3.63, 3.8) is 0 Å². The van der Waals surface area contributed by atoms with Crippen LogP contribution in [0.2, 0.25) is 0 Å².